The van der Waals surface area contributed by atoms with Crippen LogP contribution in [0.25, 0.3) is 0 Å². The Morgan fingerprint density at radius 3 is 2.43 bits per heavy atom. The second kappa shape index (κ2) is 7.42. The van der Waals surface area contributed by atoms with Crippen molar-refractivity contribution < 1.29 is 0 Å². The van der Waals surface area contributed by atoms with Crippen LogP contribution in [0.2, 0.25) is 0 Å². The van der Waals surface area contributed by atoms with Gasteiger partial charge in [0.05, 0.1) is 0 Å². The predicted octanol–water partition coefficient (Wildman–Crippen LogP) is 3.47. The van der Waals surface area contributed by atoms with Crippen LogP contribution >= 0.6 is 0 Å². The Morgan fingerprint density at radius 1 is 1.00 bits per heavy atom. The first-order valence-corrected chi connectivity index (χ1v) is 8.82. The van der Waals surface area contributed by atoms with Gasteiger partial charge in [-0.25, -0.2) is 0 Å². The zero-order chi connectivity index (χ0) is 14.5. The van der Waals surface area contributed by atoms with Crippen LogP contribution in [-0.2, 0) is 6.42 Å². The Labute approximate surface area is 129 Å². The van der Waals surface area contributed by atoms with Gasteiger partial charge in [-0.05, 0) is 63.7 Å². The lowest BCUT2D eigenvalue weighted by Crippen LogP contribution is -2.53. The van der Waals surface area contributed by atoms with Gasteiger partial charge < -0.3 is 5.32 Å². The van der Waals surface area contributed by atoms with Crippen molar-refractivity contribution >= 4 is 0 Å². The second-order valence-corrected chi connectivity index (χ2v) is 6.92. The maximum atomic E-state index is 3.56. The molecule has 2 nitrogen and oxygen atoms in total. The topological polar surface area (TPSA) is 15.3 Å². The van der Waals surface area contributed by atoms with Gasteiger partial charge >= 0.3 is 0 Å². The summed E-state index contributed by atoms with van der Waals surface area (Å²) in [5.74, 6) is 0.889. The first-order chi connectivity index (χ1) is 10.4. The normalized spacial score (nSPS) is 28.6. The number of likely N-dealkylation sites (N-methyl/N-ethyl adjacent to an activating group) is 1. The van der Waals surface area contributed by atoms with Gasteiger partial charge in [-0.15, -0.1) is 0 Å². The zero-order valence-corrected chi connectivity index (χ0v) is 13.4. The number of hydrogen-bond acceptors (Lipinski definition) is 2. The van der Waals surface area contributed by atoms with E-state index < -0.39 is 0 Å². The molecule has 2 atom stereocenters. The van der Waals surface area contributed by atoms with E-state index in [9.17, 15) is 0 Å². The smallest absolute Gasteiger partial charge is 0.0249 e. The van der Waals surface area contributed by atoms with Crippen molar-refractivity contribution in [3.63, 3.8) is 0 Å². The summed E-state index contributed by atoms with van der Waals surface area (Å²) in [6, 6.07) is 12.5. The van der Waals surface area contributed by atoms with Gasteiger partial charge in [-0.1, -0.05) is 43.2 Å². The zero-order valence-electron chi connectivity index (χ0n) is 13.4. The highest BCUT2D eigenvalue weighted by Crippen LogP contribution is 2.28. The molecule has 1 aliphatic carbocycles. The van der Waals surface area contributed by atoms with E-state index in [1.807, 2.05) is 0 Å². The predicted molar refractivity (Wildman–Crippen MR) is 89.5 cm³/mol. The number of piperidine rings is 1. The van der Waals surface area contributed by atoms with Crippen LogP contribution in [-0.4, -0.2) is 37.1 Å². The number of nitrogens with one attached hydrogen (secondary N) is 1. The lowest BCUT2D eigenvalue weighted by atomic mass is 9.85. The van der Waals surface area contributed by atoms with E-state index >= 15 is 0 Å². The lowest BCUT2D eigenvalue weighted by molar-refractivity contribution is 0.0852. The molecule has 1 aromatic carbocycles. The molecule has 1 saturated heterocycles. The summed E-state index contributed by atoms with van der Waals surface area (Å²) in [4.78, 5) is 2.78. The molecule has 2 unspecified atom stereocenters. The first-order valence-electron chi connectivity index (χ1n) is 8.82. The van der Waals surface area contributed by atoms with Crippen LogP contribution in [0.15, 0.2) is 30.3 Å². The van der Waals surface area contributed by atoms with Crippen molar-refractivity contribution in [1.82, 2.24) is 10.2 Å². The Hall–Kier alpha value is -0.860. The van der Waals surface area contributed by atoms with E-state index in [4.69, 9.17) is 0 Å². The molecule has 2 aliphatic rings. The second-order valence-electron chi connectivity index (χ2n) is 6.92. The molecule has 0 spiro atoms. The van der Waals surface area contributed by atoms with E-state index in [2.05, 4.69) is 47.6 Å². The molecule has 1 aromatic rings. The third-order valence-electron chi connectivity index (χ3n) is 5.59. The van der Waals surface area contributed by atoms with Crippen molar-refractivity contribution in [2.24, 2.45) is 5.92 Å². The van der Waals surface area contributed by atoms with Gasteiger partial charge in [0.15, 0.2) is 0 Å². The molecule has 2 fully saturated rings. The molecule has 0 aromatic heterocycles. The van der Waals surface area contributed by atoms with Crippen LogP contribution in [0.4, 0.5) is 0 Å². The molecule has 0 amide bonds. The van der Waals surface area contributed by atoms with Crippen molar-refractivity contribution in [3.05, 3.63) is 35.9 Å². The molecule has 1 saturated carbocycles. The van der Waals surface area contributed by atoms with E-state index in [0.717, 1.165) is 18.0 Å². The fourth-order valence-corrected chi connectivity index (χ4v) is 4.32. The summed E-state index contributed by atoms with van der Waals surface area (Å²) in [6.07, 6.45) is 9.62. The summed E-state index contributed by atoms with van der Waals surface area (Å²) < 4.78 is 0. The van der Waals surface area contributed by atoms with E-state index in [1.165, 1.54) is 63.6 Å². The van der Waals surface area contributed by atoms with Crippen LogP contribution in [0.5, 0.6) is 0 Å². The summed E-state index contributed by atoms with van der Waals surface area (Å²) in [7, 11) is 2.14. The van der Waals surface area contributed by atoms with Crippen LogP contribution in [0.3, 0.4) is 0 Å². The monoisotopic (exact) mass is 286 g/mol. The number of benzene rings is 1. The largest absolute Gasteiger partial charge is 0.315 e. The van der Waals surface area contributed by atoms with Gasteiger partial charge in [0.2, 0.25) is 0 Å². The highest BCUT2D eigenvalue weighted by atomic mass is 15.2. The Balaban J connectivity index is 1.50. The van der Waals surface area contributed by atoms with Gasteiger partial charge in [0, 0.05) is 12.1 Å². The molecular formula is C19H30N2. The molecule has 1 heterocycles. The number of rotatable bonds is 4. The summed E-state index contributed by atoms with van der Waals surface area (Å²) in [6.45, 7) is 2.61. The maximum Gasteiger partial charge on any atom is 0.0249 e. The van der Waals surface area contributed by atoms with E-state index in [0.29, 0.717) is 0 Å². The Bertz CT molecular complexity index is 409. The van der Waals surface area contributed by atoms with Crippen LogP contribution in [0, 0.1) is 5.92 Å². The molecule has 3 rings (SSSR count). The molecule has 0 radical (unpaired) electrons. The van der Waals surface area contributed by atoms with Crippen LogP contribution in [0.1, 0.15) is 44.1 Å². The highest BCUT2D eigenvalue weighted by molar-refractivity contribution is 5.15. The average Bonchev–Trinajstić information content (AvgIpc) is 2.56. The minimum Gasteiger partial charge on any atom is -0.315 e. The number of likely N-dealkylation sites (tertiary alicyclic amines) is 1. The summed E-state index contributed by atoms with van der Waals surface area (Å²) >= 11 is 0. The fraction of sp³-hybridized carbons (Fsp3) is 0.684. The SMILES string of the molecule is CNC1CCCCC1N1CCC(Cc2ccccc2)CC1. The van der Waals surface area contributed by atoms with E-state index in [-0.39, 0.29) is 0 Å². The van der Waals surface area contributed by atoms with Crippen molar-refractivity contribution in [3.8, 4) is 0 Å². The van der Waals surface area contributed by atoms with Crippen molar-refractivity contribution in [2.75, 3.05) is 20.1 Å². The number of hydrogen-bond donors (Lipinski definition) is 1. The lowest BCUT2D eigenvalue weighted by Gasteiger charge is -2.43. The van der Waals surface area contributed by atoms with Crippen molar-refractivity contribution in [2.45, 2.75) is 57.0 Å². The molecular weight excluding hydrogens is 256 g/mol. The molecule has 2 heteroatoms. The quantitative estimate of drug-likeness (QED) is 0.911. The molecule has 21 heavy (non-hydrogen) atoms. The maximum absolute atomic E-state index is 3.56. The summed E-state index contributed by atoms with van der Waals surface area (Å²) in [5.41, 5.74) is 1.52. The van der Waals surface area contributed by atoms with Crippen LogP contribution < -0.4 is 5.32 Å². The minimum atomic E-state index is 0.726. The van der Waals surface area contributed by atoms with Gasteiger partial charge in [0.25, 0.3) is 0 Å². The third-order valence-corrected chi connectivity index (χ3v) is 5.59. The molecule has 116 valence electrons. The average molecular weight is 286 g/mol. The molecule has 1 N–H and O–H groups in total. The van der Waals surface area contributed by atoms with Gasteiger partial charge in [-0.3, -0.25) is 4.90 Å². The van der Waals surface area contributed by atoms with Gasteiger partial charge in [-0.2, -0.15) is 0 Å². The summed E-state index contributed by atoms with van der Waals surface area (Å²) in [5, 5.41) is 3.56. The Morgan fingerprint density at radius 2 is 1.71 bits per heavy atom. The third kappa shape index (κ3) is 3.87. The first kappa shape index (κ1) is 15.1. The standard InChI is InChI=1S/C19H30N2/c1-20-18-9-5-6-10-19(18)21-13-11-17(12-14-21)15-16-7-3-2-4-8-16/h2-4,7-8,17-20H,5-6,9-15H2,1H3. The van der Waals surface area contributed by atoms with E-state index in [1.54, 1.807) is 0 Å². The molecule has 0 bridgehead atoms. The van der Waals surface area contributed by atoms with Crippen molar-refractivity contribution in [1.29, 1.82) is 0 Å². The van der Waals surface area contributed by atoms with Gasteiger partial charge in [0.1, 0.15) is 0 Å². The highest BCUT2D eigenvalue weighted by Gasteiger charge is 2.31. The number of nitrogens with zero attached hydrogens (tertiary/aromatic N) is 1. The molecule has 1 aliphatic heterocycles. The fourth-order valence-electron chi connectivity index (χ4n) is 4.32. The Kier molecular flexibility index (Phi) is 5.32. The minimum absolute atomic E-state index is 0.726.